The zero-order valence-electron chi connectivity index (χ0n) is 14.9. The largest absolute Gasteiger partial charge is 0.444 e. The molecule has 5 nitrogen and oxygen atoms in total. The van der Waals surface area contributed by atoms with Gasteiger partial charge in [-0.1, -0.05) is 30.3 Å². The van der Waals surface area contributed by atoms with Crippen LogP contribution >= 0.6 is 0 Å². The fourth-order valence-electron chi connectivity index (χ4n) is 2.97. The minimum absolute atomic E-state index is 0.186. The van der Waals surface area contributed by atoms with E-state index in [1.165, 1.54) is 5.56 Å². The summed E-state index contributed by atoms with van der Waals surface area (Å²) in [5.41, 5.74) is 0.739. The van der Waals surface area contributed by atoms with Gasteiger partial charge in [0.25, 0.3) is 0 Å². The highest BCUT2D eigenvalue weighted by atomic mass is 16.6. The van der Waals surface area contributed by atoms with Gasteiger partial charge in [0.15, 0.2) is 0 Å². The van der Waals surface area contributed by atoms with Crippen LogP contribution in [0.5, 0.6) is 0 Å². The standard InChI is InChI=1S/C19H30N2O3/c1-19(2,3)24-18(23)20-10-9-17(15-7-5-4-6-8-15)21-16-11-14(12-16)13-22/h4-8,14,16-17,21-22H,9-13H2,1-3H3,(H,20,23). The number of carbonyl (C=O) groups is 1. The van der Waals surface area contributed by atoms with Crippen molar-refractivity contribution in [3.8, 4) is 0 Å². The Bertz CT molecular complexity index is 507. The maximum Gasteiger partial charge on any atom is 0.407 e. The van der Waals surface area contributed by atoms with Crippen molar-refractivity contribution in [3.05, 3.63) is 35.9 Å². The second-order valence-electron chi connectivity index (χ2n) is 7.56. The van der Waals surface area contributed by atoms with Crippen molar-refractivity contribution in [2.75, 3.05) is 13.2 Å². The molecule has 1 saturated carbocycles. The Balaban J connectivity index is 1.84. The molecule has 0 radical (unpaired) electrons. The highest BCUT2D eigenvalue weighted by Gasteiger charge is 2.30. The summed E-state index contributed by atoms with van der Waals surface area (Å²) in [5, 5.41) is 15.6. The molecule has 134 valence electrons. The second kappa shape index (κ2) is 8.49. The van der Waals surface area contributed by atoms with E-state index in [0.29, 0.717) is 18.5 Å². The van der Waals surface area contributed by atoms with Gasteiger partial charge in [0.1, 0.15) is 5.60 Å². The van der Waals surface area contributed by atoms with E-state index in [0.717, 1.165) is 19.3 Å². The normalized spacial score (nSPS) is 21.7. The Morgan fingerprint density at radius 1 is 1.29 bits per heavy atom. The van der Waals surface area contributed by atoms with Crippen LogP contribution in [0.2, 0.25) is 0 Å². The van der Waals surface area contributed by atoms with Crippen LogP contribution in [0.15, 0.2) is 30.3 Å². The van der Waals surface area contributed by atoms with Crippen LogP contribution in [-0.4, -0.2) is 36.0 Å². The molecule has 3 N–H and O–H groups in total. The van der Waals surface area contributed by atoms with E-state index in [2.05, 4.69) is 22.8 Å². The van der Waals surface area contributed by atoms with Gasteiger partial charge < -0.3 is 20.5 Å². The molecular formula is C19H30N2O3. The highest BCUT2D eigenvalue weighted by Crippen LogP contribution is 2.29. The summed E-state index contributed by atoms with van der Waals surface area (Å²) in [7, 11) is 0. The van der Waals surface area contributed by atoms with E-state index in [-0.39, 0.29) is 18.7 Å². The minimum atomic E-state index is -0.480. The number of hydrogen-bond acceptors (Lipinski definition) is 4. The van der Waals surface area contributed by atoms with Crippen molar-refractivity contribution in [1.29, 1.82) is 0 Å². The molecule has 1 unspecified atom stereocenters. The molecule has 1 amide bonds. The number of alkyl carbamates (subject to hydrolysis) is 1. The number of aliphatic hydroxyl groups excluding tert-OH is 1. The van der Waals surface area contributed by atoms with Crippen molar-refractivity contribution in [2.24, 2.45) is 5.92 Å². The molecule has 0 aromatic heterocycles. The number of ether oxygens (including phenoxy) is 1. The van der Waals surface area contributed by atoms with E-state index >= 15 is 0 Å². The lowest BCUT2D eigenvalue weighted by Crippen LogP contribution is -2.45. The first kappa shape index (κ1) is 18.7. The quantitative estimate of drug-likeness (QED) is 0.717. The van der Waals surface area contributed by atoms with Gasteiger partial charge in [-0.05, 0) is 51.5 Å². The van der Waals surface area contributed by atoms with E-state index < -0.39 is 5.60 Å². The molecule has 1 aromatic rings. The Hall–Kier alpha value is -1.59. The lowest BCUT2D eigenvalue weighted by molar-refractivity contribution is 0.0524. The zero-order chi connectivity index (χ0) is 17.6. The summed E-state index contributed by atoms with van der Waals surface area (Å²) >= 11 is 0. The van der Waals surface area contributed by atoms with Gasteiger partial charge in [-0.2, -0.15) is 0 Å². The Kier molecular flexibility index (Phi) is 6.63. The molecule has 5 heteroatoms. The minimum Gasteiger partial charge on any atom is -0.444 e. The number of amides is 1. The number of aliphatic hydroxyl groups is 1. The summed E-state index contributed by atoms with van der Waals surface area (Å²) in [6.45, 7) is 6.39. The van der Waals surface area contributed by atoms with Gasteiger partial charge in [-0.25, -0.2) is 4.79 Å². The predicted octanol–water partition coefficient (Wildman–Crippen LogP) is 3.00. The van der Waals surface area contributed by atoms with Crippen molar-refractivity contribution in [3.63, 3.8) is 0 Å². The molecule has 0 spiro atoms. The fourth-order valence-corrected chi connectivity index (χ4v) is 2.97. The van der Waals surface area contributed by atoms with E-state index in [1.54, 1.807) is 0 Å². The molecule has 1 aliphatic rings. The summed E-state index contributed by atoms with van der Waals surface area (Å²) in [6, 6.07) is 10.9. The average molecular weight is 334 g/mol. The third kappa shape index (κ3) is 6.13. The van der Waals surface area contributed by atoms with Crippen molar-refractivity contribution in [2.45, 2.75) is 57.7 Å². The Morgan fingerprint density at radius 3 is 2.54 bits per heavy atom. The van der Waals surface area contributed by atoms with Crippen LogP contribution in [0.1, 0.15) is 51.6 Å². The first-order valence-electron chi connectivity index (χ1n) is 8.76. The fraction of sp³-hybridized carbons (Fsp3) is 0.632. The van der Waals surface area contributed by atoms with Crippen LogP contribution in [0.4, 0.5) is 4.79 Å². The average Bonchev–Trinajstić information content (AvgIpc) is 2.47. The highest BCUT2D eigenvalue weighted by molar-refractivity contribution is 5.67. The van der Waals surface area contributed by atoms with Gasteiger partial charge >= 0.3 is 6.09 Å². The number of nitrogens with one attached hydrogen (secondary N) is 2. The monoisotopic (exact) mass is 334 g/mol. The molecule has 0 saturated heterocycles. The number of benzene rings is 1. The third-order valence-corrected chi connectivity index (χ3v) is 4.23. The summed E-state index contributed by atoms with van der Waals surface area (Å²) < 4.78 is 5.27. The maximum absolute atomic E-state index is 11.8. The van der Waals surface area contributed by atoms with Gasteiger partial charge in [-0.3, -0.25) is 0 Å². The van der Waals surface area contributed by atoms with E-state index in [4.69, 9.17) is 9.84 Å². The van der Waals surface area contributed by atoms with Gasteiger partial charge in [0, 0.05) is 25.2 Å². The van der Waals surface area contributed by atoms with Gasteiger partial charge in [0.05, 0.1) is 0 Å². The molecule has 1 aromatic carbocycles. The number of hydrogen-bond donors (Lipinski definition) is 3. The topological polar surface area (TPSA) is 70.6 Å². The molecule has 1 fully saturated rings. The van der Waals surface area contributed by atoms with E-state index in [9.17, 15) is 4.79 Å². The van der Waals surface area contributed by atoms with Crippen LogP contribution < -0.4 is 10.6 Å². The smallest absolute Gasteiger partial charge is 0.407 e. The van der Waals surface area contributed by atoms with Crippen molar-refractivity contribution >= 4 is 6.09 Å². The molecule has 2 rings (SSSR count). The SMILES string of the molecule is CC(C)(C)OC(=O)NCCC(NC1CC(CO)C1)c1ccccc1. The third-order valence-electron chi connectivity index (χ3n) is 4.23. The Labute approximate surface area is 144 Å². The summed E-state index contributed by atoms with van der Waals surface area (Å²) in [6.07, 6.45) is 2.45. The summed E-state index contributed by atoms with van der Waals surface area (Å²) in [5.74, 6) is 0.429. The van der Waals surface area contributed by atoms with Crippen LogP contribution in [-0.2, 0) is 4.74 Å². The first-order valence-corrected chi connectivity index (χ1v) is 8.76. The van der Waals surface area contributed by atoms with Crippen LogP contribution in [0.3, 0.4) is 0 Å². The van der Waals surface area contributed by atoms with Crippen LogP contribution in [0, 0.1) is 5.92 Å². The molecule has 0 heterocycles. The zero-order valence-corrected chi connectivity index (χ0v) is 14.9. The van der Waals surface area contributed by atoms with Gasteiger partial charge in [-0.15, -0.1) is 0 Å². The van der Waals surface area contributed by atoms with Gasteiger partial charge in [0.2, 0.25) is 0 Å². The number of carbonyl (C=O) groups excluding carboxylic acids is 1. The lowest BCUT2D eigenvalue weighted by Gasteiger charge is -2.37. The maximum atomic E-state index is 11.8. The second-order valence-corrected chi connectivity index (χ2v) is 7.56. The van der Waals surface area contributed by atoms with Crippen LogP contribution in [0.25, 0.3) is 0 Å². The van der Waals surface area contributed by atoms with Crippen molar-refractivity contribution in [1.82, 2.24) is 10.6 Å². The molecule has 1 aliphatic carbocycles. The number of rotatable bonds is 7. The summed E-state index contributed by atoms with van der Waals surface area (Å²) in [4.78, 5) is 11.8. The van der Waals surface area contributed by atoms with Crippen molar-refractivity contribution < 1.29 is 14.6 Å². The lowest BCUT2D eigenvalue weighted by atomic mass is 9.80. The molecule has 0 bridgehead atoms. The Morgan fingerprint density at radius 2 is 1.96 bits per heavy atom. The predicted molar refractivity (Wildman–Crippen MR) is 94.8 cm³/mol. The molecular weight excluding hydrogens is 304 g/mol. The molecule has 0 aliphatic heterocycles. The van der Waals surface area contributed by atoms with E-state index in [1.807, 2.05) is 39.0 Å². The molecule has 1 atom stereocenters. The molecule has 24 heavy (non-hydrogen) atoms. The first-order chi connectivity index (χ1) is 11.4.